The third-order valence-corrected chi connectivity index (χ3v) is 3.10. The summed E-state index contributed by atoms with van der Waals surface area (Å²) in [5.74, 6) is 0. The Morgan fingerprint density at radius 1 is 1.25 bits per heavy atom. The van der Waals surface area contributed by atoms with Gasteiger partial charge in [-0.05, 0) is 32.1 Å². The summed E-state index contributed by atoms with van der Waals surface area (Å²) >= 11 is 0. The van der Waals surface area contributed by atoms with E-state index in [-0.39, 0.29) is 6.10 Å². The Morgan fingerprint density at radius 2 is 2.00 bits per heavy atom. The average molecular weight is 170 g/mol. The zero-order valence-corrected chi connectivity index (χ0v) is 7.37. The molecule has 0 aromatic carbocycles. The Balaban J connectivity index is 1.72. The number of nitrogens with two attached hydrogens (primary N) is 1. The predicted octanol–water partition coefficient (Wildman–Crippen LogP) is -0.0209. The number of rotatable bonds is 2. The van der Waals surface area contributed by atoms with Gasteiger partial charge in [-0.1, -0.05) is 0 Å². The number of aliphatic hydroxyl groups excluding tert-OH is 1. The quantitative estimate of drug-likeness (QED) is 0.546. The fourth-order valence-corrected chi connectivity index (χ4v) is 2.24. The van der Waals surface area contributed by atoms with E-state index in [1.807, 2.05) is 0 Å². The second-order valence-electron chi connectivity index (χ2n) is 4.20. The van der Waals surface area contributed by atoms with Gasteiger partial charge in [-0.15, -0.1) is 0 Å². The summed E-state index contributed by atoms with van der Waals surface area (Å²) in [7, 11) is 0. The lowest BCUT2D eigenvalue weighted by molar-refractivity contribution is 0.129. The van der Waals surface area contributed by atoms with Crippen LogP contribution in [-0.2, 0) is 0 Å². The van der Waals surface area contributed by atoms with Gasteiger partial charge in [0, 0.05) is 18.1 Å². The first-order chi connectivity index (χ1) is 5.75. The highest BCUT2D eigenvalue weighted by atomic mass is 16.3. The number of hydrogen-bond donors (Lipinski definition) is 3. The van der Waals surface area contributed by atoms with E-state index in [1.165, 1.54) is 0 Å². The summed E-state index contributed by atoms with van der Waals surface area (Å²) in [5.41, 5.74) is 5.68. The van der Waals surface area contributed by atoms with Gasteiger partial charge in [0.1, 0.15) is 0 Å². The molecule has 2 atom stereocenters. The summed E-state index contributed by atoms with van der Waals surface area (Å²) in [5, 5.41) is 13.0. The minimum absolute atomic E-state index is 0.109. The topological polar surface area (TPSA) is 58.3 Å². The van der Waals surface area contributed by atoms with E-state index in [0.717, 1.165) is 32.1 Å². The summed E-state index contributed by atoms with van der Waals surface area (Å²) in [6.07, 6.45) is 5.33. The van der Waals surface area contributed by atoms with Crippen molar-refractivity contribution >= 4 is 0 Å². The average Bonchev–Trinajstić information content (AvgIpc) is 2.33. The van der Waals surface area contributed by atoms with Gasteiger partial charge >= 0.3 is 0 Å². The fourth-order valence-electron chi connectivity index (χ4n) is 2.24. The molecule has 0 bridgehead atoms. The number of nitrogens with one attached hydrogen (secondary N) is 1. The molecule has 4 N–H and O–H groups in total. The molecule has 3 heteroatoms. The van der Waals surface area contributed by atoms with Crippen LogP contribution in [0.1, 0.15) is 32.1 Å². The van der Waals surface area contributed by atoms with E-state index in [4.69, 9.17) is 5.73 Å². The fraction of sp³-hybridized carbons (Fsp3) is 1.00. The van der Waals surface area contributed by atoms with Gasteiger partial charge < -0.3 is 16.2 Å². The molecular weight excluding hydrogens is 152 g/mol. The molecule has 2 rings (SSSR count). The van der Waals surface area contributed by atoms with Crippen LogP contribution in [0.2, 0.25) is 0 Å². The molecule has 0 aromatic rings. The van der Waals surface area contributed by atoms with Crippen LogP contribution in [0.25, 0.3) is 0 Å². The van der Waals surface area contributed by atoms with Gasteiger partial charge in [0.15, 0.2) is 0 Å². The summed E-state index contributed by atoms with van der Waals surface area (Å²) < 4.78 is 0. The van der Waals surface area contributed by atoms with E-state index >= 15 is 0 Å². The SMILES string of the molecule is NC1CC(NC2CCCC2O)C1. The van der Waals surface area contributed by atoms with Crippen molar-refractivity contribution in [3.05, 3.63) is 0 Å². The maximum absolute atomic E-state index is 9.53. The summed E-state index contributed by atoms with van der Waals surface area (Å²) in [4.78, 5) is 0. The van der Waals surface area contributed by atoms with Crippen molar-refractivity contribution in [1.29, 1.82) is 0 Å². The van der Waals surface area contributed by atoms with Crippen LogP contribution in [0.15, 0.2) is 0 Å². The molecule has 0 spiro atoms. The zero-order chi connectivity index (χ0) is 8.55. The van der Waals surface area contributed by atoms with Crippen molar-refractivity contribution in [2.45, 2.75) is 56.3 Å². The lowest BCUT2D eigenvalue weighted by Crippen LogP contribution is -2.53. The van der Waals surface area contributed by atoms with Crippen LogP contribution in [0, 0.1) is 0 Å². The molecule has 0 aromatic heterocycles. The van der Waals surface area contributed by atoms with Gasteiger partial charge in [0.25, 0.3) is 0 Å². The highest BCUT2D eigenvalue weighted by Gasteiger charge is 2.32. The van der Waals surface area contributed by atoms with E-state index in [9.17, 15) is 5.11 Å². The second kappa shape index (κ2) is 3.32. The molecule has 2 saturated carbocycles. The number of hydrogen-bond acceptors (Lipinski definition) is 3. The predicted molar refractivity (Wildman–Crippen MR) is 47.8 cm³/mol. The van der Waals surface area contributed by atoms with Crippen LogP contribution in [-0.4, -0.2) is 29.3 Å². The Kier molecular flexibility index (Phi) is 2.35. The van der Waals surface area contributed by atoms with Gasteiger partial charge in [0.2, 0.25) is 0 Å². The minimum atomic E-state index is -0.109. The van der Waals surface area contributed by atoms with E-state index in [1.54, 1.807) is 0 Å². The van der Waals surface area contributed by atoms with Crippen molar-refractivity contribution in [2.24, 2.45) is 5.73 Å². The molecule has 2 unspecified atom stereocenters. The molecular formula is C9H18N2O. The first-order valence-corrected chi connectivity index (χ1v) is 4.95. The van der Waals surface area contributed by atoms with E-state index < -0.39 is 0 Å². The van der Waals surface area contributed by atoms with Gasteiger partial charge in [0.05, 0.1) is 6.10 Å². The largest absolute Gasteiger partial charge is 0.392 e. The van der Waals surface area contributed by atoms with Gasteiger partial charge in [-0.2, -0.15) is 0 Å². The van der Waals surface area contributed by atoms with Crippen LogP contribution in [0.5, 0.6) is 0 Å². The highest BCUT2D eigenvalue weighted by Crippen LogP contribution is 2.24. The molecule has 2 aliphatic rings. The Morgan fingerprint density at radius 3 is 2.50 bits per heavy atom. The molecule has 0 amide bonds. The van der Waals surface area contributed by atoms with Crippen LogP contribution in [0.4, 0.5) is 0 Å². The highest BCUT2D eigenvalue weighted by molar-refractivity contribution is 4.93. The second-order valence-corrected chi connectivity index (χ2v) is 4.20. The van der Waals surface area contributed by atoms with Crippen LogP contribution >= 0.6 is 0 Å². The molecule has 2 aliphatic carbocycles. The lowest BCUT2D eigenvalue weighted by Gasteiger charge is -2.36. The monoisotopic (exact) mass is 170 g/mol. The maximum Gasteiger partial charge on any atom is 0.0693 e. The van der Waals surface area contributed by atoms with Crippen molar-refractivity contribution in [3.8, 4) is 0 Å². The van der Waals surface area contributed by atoms with Crippen LogP contribution in [0.3, 0.4) is 0 Å². The molecule has 0 saturated heterocycles. The molecule has 70 valence electrons. The third kappa shape index (κ3) is 1.63. The lowest BCUT2D eigenvalue weighted by atomic mass is 9.87. The normalized spacial score (nSPS) is 47.5. The number of aliphatic hydroxyl groups is 1. The molecule has 0 aliphatic heterocycles. The molecule has 12 heavy (non-hydrogen) atoms. The molecule has 3 nitrogen and oxygen atoms in total. The van der Waals surface area contributed by atoms with Gasteiger partial charge in [-0.25, -0.2) is 0 Å². The first kappa shape index (κ1) is 8.48. The van der Waals surface area contributed by atoms with E-state index in [2.05, 4.69) is 5.32 Å². The zero-order valence-electron chi connectivity index (χ0n) is 7.37. The van der Waals surface area contributed by atoms with Crippen molar-refractivity contribution in [3.63, 3.8) is 0 Å². The standard InChI is InChI=1S/C9H18N2O/c10-6-4-7(5-6)11-8-2-1-3-9(8)12/h6-9,11-12H,1-5,10H2. The summed E-state index contributed by atoms with van der Waals surface area (Å²) in [6, 6.07) is 1.33. The Bertz CT molecular complexity index is 157. The van der Waals surface area contributed by atoms with E-state index in [0.29, 0.717) is 18.1 Å². The Labute approximate surface area is 73.3 Å². The van der Waals surface area contributed by atoms with Gasteiger partial charge in [-0.3, -0.25) is 0 Å². The van der Waals surface area contributed by atoms with Crippen molar-refractivity contribution in [1.82, 2.24) is 5.32 Å². The Hall–Kier alpha value is -0.120. The van der Waals surface area contributed by atoms with Crippen LogP contribution < -0.4 is 11.1 Å². The summed E-state index contributed by atoms with van der Waals surface area (Å²) in [6.45, 7) is 0. The third-order valence-electron chi connectivity index (χ3n) is 3.10. The maximum atomic E-state index is 9.53. The first-order valence-electron chi connectivity index (χ1n) is 4.95. The molecule has 0 heterocycles. The smallest absolute Gasteiger partial charge is 0.0693 e. The van der Waals surface area contributed by atoms with Crippen molar-refractivity contribution < 1.29 is 5.11 Å². The van der Waals surface area contributed by atoms with Crippen molar-refractivity contribution in [2.75, 3.05) is 0 Å². The molecule has 0 radical (unpaired) electrons. The minimum Gasteiger partial charge on any atom is -0.392 e. The molecule has 2 fully saturated rings.